The highest BCUT2D eigenvalue weighted by atomic mass is 19.1. The zero-order valence-corrected chi connectivity index (χ0v) is 20.5. The Morgan fingerprint density at radius 2 is 1.64 bits per heavy atom. The maximum absolute atomic E-state index is 13.3. The SMILES string of the molecule is C=CCNC(=O)[C@@H](Cc1ccc(F)cc1)NC(=O)Nc1cc(C(C)(C)C)ccc1C(C)(C)C. The van der Waals surface area contributed by atoms with Crippen LogP contribution in [0.2, 0.25) is 0 Å². The molecule has 3 amide bonds. The molecule has 6 heteroatoms. The van der Waals surface area contributed by atoms with E-state index in [1.54, 1.807) is 18.2 Å². The van der Waals surface area contributed by atoms with Gasteiger partial charge >= 0.3 is 6.03 Å². The highest BCUT2D eigenvalue weighted by Crippen LogP contribution is 2.33. The van der Waals surface area contributed by atoms with E-state index in [1.165, 1.54) is 12.1 Å². The van der Waals surface area contributed by atoms with Crippen LogP contribution >= 0.6 is 0 Å². The molecule has 0 aliphatic carbocycles. The van der Waals surface area contributed by atoms with Crippen LogP contribution < -0.4 is 16.0 Å². The number of anilines is 1. The van der Waals surface area contributed by atoms with E-state index in [0.717, 1.165) is 16.7 Å². The predicted octanol–water partition coefficient (Wildman–Crippen LogP) is 5.46. The Hall–Kier alpha value is -3.15. The topological polar surface area (TPSA) is 70.2 Å². The van der Waals surface area contributed by atoms with Gasteiger partial charge in [0.15, 0.2) is 0 Å². The predicted molar refractivity (Wildman–Crippen MR) is 133 cm³/mol. The van der Waals surface area contributed by atoms with Gasteiger partial charge in [-0.25, -0.2) is 9.18 Å². The Morgan fingerprint density at radius 1 is 1.00 bits per heavy atom. The van der Waals surface area contributed by atoms with Gasteiger partial charge in [-0.3, -0.25) is 4.79 Å². The third-order valence-corrected chi connectivity index (χ3v) is 5.34. The molecule has 0 aliphatic rings. The number of rotatable bonds is 7. The lowest BCUT2D eigenvalue weighted by Crippen LogP contribution is -2.49. The summed E-state index contributed by atoms with van der Waals surface area (Å²) in [5, 5.41) is 8.46. The maximum Gasteiger partial charge on any atom is 0.319 e. The molecule has 0 bridgehead atoms. The van der Waals surface area contributed by atoms with Crippen molar-refractivity contribution in [2.75, 3.05) is 11.9 Å². The van der Waals surface area contributed by atoms with Gasteiger partial charge in [0.25, 0.3) is 0 Å². The number of urea groups is 1. The molecular weight excluding hydrogens is 417 g/mol. The zero-order valence-electron chi connectivity index (χ0n) is 20.5. The van der Waals surface area contributed by atoms with E-state index in [9.17, 15) is 14.0 Å². The van der Waals surface area contributed by atoms with Crippen LogP contribution in [-0.4, -0.2) is 24.5 Å². The molecule has 0 aliphatic heterocycles. The third kappa shape index (κ3) is 7.74. The molecule has 33 heavy (non-hydrogen) atoms. The van der Waals surface area contributed by atoms with Crippen LogP contribution in [0.5, 0.6) is 0 Å². The van der Waals surface area contributed by atoms with Crippen molar-refractivity contribution in [3.8, 4) is 0 Å². The number of carbonyl (C=O) groups excluding carboxylic acids is 2. The molecule has 2 aromatic carbocycles. The Morgan fingerprint density at radius 3 is 2.18 bits per heavy atom. The fourth-order valence-electron chi connectivity index (χ4n) is 3.45. The lowest BCUT2D eigenvalue weighted by atomic mass is 9.81. The molecule has 0 heterocycles. The van der Waals surface area contributed by atoms with E-state index in [4.69, 9.17) is 0 Å². The van der Waals surface area contributed by atoms with Crippen LogP contribution in [0.4, 0.5) is 14.9 Å². The van der Waals surface area contributed by atoms with E-state index in [-0.39, 0.29) is 35.5 Å². The van der Waals surface area contributed by atoms with Gasteiger partial charge in [0, 0.05) is 18.7 Å². The van der Waals surface area contributed by atoms with Crippen molar-refractivity contribution in [2.24, 2.45) is 0 Å². The average Bonchev–Trinajstić information content (AvgIpc) is 2.71. The molecule has 2 aromatic rings. The quantitative estimate of drug-likeness (QED) is 0.488. The summed E-state index contributed by atoms with van der Waals surface area (Å²) in [6.07, 6.45) is 1.80. The smallest absolute Gasteiger partial charge is 0.319 e. The number of amides is 3. The average molecular weight is 454 g/mol. The minimum Gasteiger partial charge on any atom is -0.351 e. The summed E-state index contributed by atoms with van der Waals surface area (Å²) in [5.74, 6) is -0.695. The minimum absolute atomic E-state index is 0.0843. The van der Waals surface area contributed by atoms with E-state index < -0.39 is 12.1 Å². The molecule has 5 nitrogen and oxygen atoms in total. The first-order valence-corrected chi connectivity index (χ1v) is 11.2. The summed E-state index contributed by atoms with van der Waals surface area (Å²) in [6, 6.07) is 10.7. The summed E-state index contributed by atoms with van der Waals surface area (Å²) >= 11 is 0. The van der Waals surface area contributed by atoms with Gasteiger partial charge in [0.2, 0.25) is 5.91 Å². The minimum atomic E-state index is -0.834. The van der Waals surface area contributed by atoms with Gasteiger partial charge in [0.05, 0.1) is 0 Å². The molecule has 2 rings (SSSR count). The molecule has 1 atom stereocenters. The molecule has 3 N–H and O–H groups in total. The van der Waals surface area contributed by atoms with Gasteiger partial charge < -0.3 is 16.0 Å². The Balaban J connectivity index is 2.28. The van der Waals surface area contributed by atoms with Crippen molar-refractivity contribution in [3.63, 3.8) is 0 Å². The van der Waals surface area contributed by atoms with Gasteiger partial charge in [-0.15, -0.1) is 6.58 Å². The van der Waals surface area contributed by atoms with Crippen LogP contribution in [0.15, 0.2) is 55.1 Å². The maximum atomic E-state index is 13.3. The Kier molecular flexibility index (Phi) is 8.42. The fraction of sp³-hybridized carbons (Fsp3) is 0.407. The van der Waals surface area contributed by atoms with Gasteiger partial charge in [-0.05, 0) is 45.7 Å². The first-order valence-electron chi connectivity index (χ1n) is 11.2. The van der Waals surface area contributed by atoms with E-state index >= 15 is 0 Å². The van der Waals surface area contributed by atoms with Gasteiger partial charge in [-0.2, -0.15) is 0 Å². The van der Waals surface area contributed by atoms with Crippen LogP contribution in [0, 0.1) is 5.82 Å². The van der Waals surface area contributed by atoms with E-state index in [1.807, 2.05) is 12.1 Å². The number of benzene rings is 2. The summed E-state index contributed by atoms with van der Waals surface area (Å²) in [4.78, 5) is 25.7. The summed E-state index contributed by atoms with van der Waals surface area (Å²) < 4.78 is 13.3. The first kappa shape index (κ1) is 26.1. The molecule has 0 saturated carbocycles. The summed E-state index contributed by atoms with van der Waals surface area (Å²) in [5.41, 5.74) is 3.27. The molecule has 0 radical (unpaired) electrons. The van der Waals surface area contributed by atoms with Crippen LogP contribution in [0.1, 0.15) is 58.2 Å². The molecule has 0 fully saturated rings. The largest absolute Gasteiger partial charge is 0.351 e. The van der Waals surface area contributed by atoms with Crippen molar-refractivity contribution in [1.82, 2.24) is 10.6 Å². The van der Waals surface area contributed by atoms with Gasteiger partial charge in [-0.1, -0.05) is 71.9 Å². The zero-order chi connectivity index (χ0) is 24.8. The summed E-state index contributed by atoms with van der Waals surface area (Å²) in [7, 11) is 0. The molecule has 0 saturated heterocycles. The lowest BCUT2D eigenvalue weighted by molar-refractivity contribution is -0.122. The van der Waals surface area contributed by atoms with Crippen molar-refractivity contribution in [1.29, 1.82) is 0 Å². The van der Waals surface area contributed by atoms with Crippen LogP contribution in [-0.2, 0) is 22.0 Å². The lowest BCUT2D eigenvalue weighted by Gasteiger charge is -2.27. The monoisotopic (exact) mass is 453 g/mol. The van der Waals surface area contributed by atoms with Crippen molar-refractivity contribution >= 4 is 17.6 Å². The Bertz CT molecular complexity index is 986. The number of hydrogen-bond donors (Lipinski definition) is 3. The van der Waals surface area contributed by atoms with Crippen LogP contribution in [0.3, 0.4) is 0 Å². The highest BCUT2D eigenvalue weighted by molar-refractivity contribution is 5.94. The summed E-state index contributed by atoms with van der Waals surface area (Å²) in [6.45, 7) is 16.5. The molecular formula is C27H36FN3O2. The highest BCUT2D eigenvalue weighted by Gasteiger charge is 2.25. The molecule has 0 unspecified atom stereocenters. The number of halogens is 1. The first-order chi connectivity index (χ1) is 15.3. The van der Waals surface area contributed by atoms with E-state index in [2.05, 4.69) is 70.1 Å². The normalized spacial score (nSPS) is 12.6. The van der Waals surface area contributed by atoms with Crippen molar-refractivity contribution in [3.05, 3.63) is 77.6 Å². The van der Waals surface area contributed by atoms with E-state index in [0.29, 0.717) is 5.69 Å². The molecule has 0 aromatic heterocycles. The Labute approximate surface area is 196 Å². The van der Waals surface area contributed by atoms with Crippen molar-refractivity contribution in [2.45, 2.75) is 64.8 Å². The van der Waals surface area contributed by atoms with Gasteiger partial charge in [0.1, 0.15) is 11.9 Å². The second-order valence-electron chi connectivity index (χ2n) is 10.3. The number of carbonyl (C=O) groups is 2. The fourth-order valence-corrected chi connectivity index (χ4v) is 3.45. The van der Waals surface area contributed by atoms with Crippen molar-refractivity contribution < 1.29 is 14.0 Å². The second-order valence-corrected chi connectivity index (χ2v) is 10.3. The number of nitrogens with one attached hydrogen (secondary N) is 3. The molecule has 0 spiro atoms. The number of hydrogen-bond acceptors (Lipinski definition) is 2. The third-order valence-electron chi connectivity index (χ3n) is 5.34. The van der Waals surface area contributed by atoms with Crippen LogP contribution in [0.25, 0.3) is 0 Å². The standard InChI is InChI=1S/C27H36FN3O2/c1-8-15-29-24(32)23(16-18-9-12-20(28)13-10-18)31-25(33)30-22-17-19(26(2,3)4)11-14-21(22)27(5,6)7/h8-14,17,23H,1,15-16H2,2-7H3,(H,29,32)(H2,30,31,33)/t23-/m1/s1. The second kappa shape index (κ2) is 10.6. The molecule has 178 valence electrons.